The highest BCUT2D eigenvalue weighted by molar-refractivity contribution is 8.44. The van der Waals surface area contributed by atoms with E-state index in [9.17, 15) is 19.0 Å². The number of nitrogens with two attached hydrogens (primary N) is 1. The van der Waals surface area contributed by atoms with Gasteiger partial charge >= 0.3 is 13.6 Å². The van der Waals surface area contributed by atoms with Crippen LogP contribution in [0.15, 0.2) is 48.0 Å². The van der Waals surface area contributed by atoms with Gasteiger partial charge in [-0.2, -0.15) is 0 Å². The third-order valence-corrected chi connectivity index (χ3v) is 11.2. The average Bonchev–Trinajstić information content (AvgIpc) is 3.66. The standard InChI is InChI=1S/C24H27N7O10P2S2/c1-11-14-6-36-43(35,45)41-19-15(39-23(17(19)32)31-9-28-13-5-3-2-4-12(13)22(31)33)7-37-42(34,44)40-18(11)24(38-14)30-10-29-16-20(25)26-8-27-21(16)30/h2-5,8-11,14-15,17-19,23-24,32H,6-7H2,1H3,(H,34,44)(H,35,45)(H2,25,26,27)/t11?,14-,15-,17?,18?,19-,23-,24-,42?,43?/m1/s1. The van der Waals surface area contributed by atoms with Gasteiger partial charge in [-0.1, -0.05) is 43.6 Å². The summed E-state index contributed by atoms with van der Waals surface area (Å²) in [5.74, 6) is -0.378. The Labute approximate surface area is 264 Å². The summed E-state index contributed by atoms with van der Waals surface area (Å²) in [7, 11) is 0. The van der Waals surface area contributed by atoms with E-state index in [1.807, 2.05) is 0 Å². The summed E-state index contributed by atoms with van der Waals surface area (Å²) in [6.45, 7) is -7.47. The highest BCUT2D eigenvalue weighted by Crippen LogP contribution is 2.60. The van der Waals surface area contributed by atoms with Crippen LogP contribution in [0.4, 0.5) is 5.82 Å². The molecule has 45 heavy (non-hydrogen) atoms. The molecule has 4 aromatic rings. The summed E-state index contributed by atoms with van der Waals surface area (Å²) in [5.41, 5.74) is 6.54. The van der Waals surface area contributed by atoms with Crippen LogP contribution in [-0.4, -0.2) is 77.9 Å². The largest absolute Gasteiger partial charge is 0.386 e. The van der Waals surface area contributed by atoms with Gasteiger partial charge in [0.1, 0.15) is 42.6 Å². The van der Waals surface area contributed by atoms with E-state index in [1.54, 1.807) is 31.2 Å². The van der Waals surface area contributed by atoms with Crippen molar-refractivity contribution in [1.82, 2.24) is 29.1 Å². The summed E-state index contributed by atoms with van der Waals surface area (Å²) < 4.78 is 64.8. The molecule has 0 aliphatic carbocycles. The fourth-order valence-corrected chi connectivity index (χ4v) is 8.67. The van der Waals surface area contributed by atoms with Crippen LogP contribution in [0.1, 0.15) is 19.4 Å². The molecule has 17 nitrogen and oxygen atoms in total. The van der Waals surface area contributed by atoms with Crippen molar-refractivity contribution in [2.24, 2.45) is 5.92 Å². The molecule has 5 unspecified atom stereocenters. The Morgan fingerprint density at radius 3 is 2.36 bits per heavy atom. The third kappa shape index (κ3) is 5.74. The Kier molecular flexibility index (Phi) is 8.10. The van der Waals surface area contributed by atoms with Gasteiger partial charge in [0.15, 0.2) is 23.9 Å². The summed E-state index contributed by atoms with van der Waals surface area (Å²) in [4.78, 5) is 30.0. The van der Waals surface area contributed by atoms with Gasteiger partial charge in [-0.05, 0) is 12.1 Å². The monoisotopic (exact) mass is 699 g/mol. The molecule has 0 amide bonds. The van der Waals surface area contributed by atoms with Crippen LogP contribution in [0.3, 0.4) is 0 Å². The Hall–Kier alpha value is -2.41. The van der Waals surface area contributed by atoms with Gasteiger partial charge in [-0.3, -0.25) is 32.0 Å². The molecule has 6 heterocycles. The fourth-order valence-electron chi connectivity index (χ4n) is 5.65. The van der Waals surface area contributed by atoms with Crippen molar-refractivity contribution >= 4 is 66.0 Å². The minimum absolute atomic E-state index is 0.147. The number of imidazole rings is 1. The van der Waals surface area contributed by atoms with Crippen molar-refractivity contribution in [3.8, 4) is 0 Å². The first kappa shape index (κ1) is 31.2. The highest BCUT2D eigenvalue weighted by atomic mass is 32.7. The first-order valence-electron chi connectivity index (χ1n) is 13.6. The number of para-hydroxylation sites is 1. The van der Waals surface area contributed by atoms with Crippen LogP contribution in [-0.2, 0) is 36.7 Å². The van der Waals surface area contributed by atoms with Crippen LogP contribution < -0.4 is 11.3 Å². The molecule has 3 saturated heterocycles. The number of thiol groups is 2. The predicted octanol–water partition coefficient (Wildman–Crippen LogP) is 2.50. The number of nitrogens with zero attached hydrogens (tertiary/aromatic N) is 6. The number of aliphatic hydroxyl groups excluding tert-OH is 1. The van der Waals surface area contributed by atoms with Crippen LogP contribution in [0.25, 0.3) is 22.1 Å². The van der Waals surface area contributed by atoms with Crippen LogP contribution in [0.5, 0.6) is 0 Å². The molecule has 10 atom stereocenters. The van der Waals surface area contributed by atoms with Crippen LogP contribution in [0, 0.1) is 5.92 Å². The molecule has 3 aliphatic heterocycles. The lowest BCUT2D eigenvalue weighted by Gasteiger charge is -2.26. The number of anilines is 1. The molecule has 240 valence electrons. The number of benzene rings is 1. The van der Waals surface area contributed by atoms with E-state index in [-0.39, 0.29) is 17.8 Å². The van der Waals surface area contributed by atoms with E-state index in [1.165, 1.54) is 23.5 Å². The van der Waals surface area contributed by atoms with Crippen LogP contribution >= 0.6 is 38.1 Å². The Morgan fingerprint density at radius 2 is 1.58 bits per heavy atom. The number of aliphatic hydroxyl groups is 1. The van der Waals surface area contributed by atoms with Gasteiger partial charge in [0, 0.05) is 5.92 Å². The topological polar surface area (TPSA) is 214 Å². The molecule has 0 radical (unpaired) electrons. The highest BCUT2D eigenvalue weighted by Gasteiger charge is 2.52. The molecule has 0 spiro atoms. The maximum absolute atomic E-state index is 13.6. The van der Waals surface area contributed by atoms with Crippen molar-refractivity contribution < 1.29 is 41.8 Å². The minimum atomic E-state index is -4.21. The molecule has 3 aliphatic rings. The molecule has 7 rings (SSSR count). The van der Waals surface area contributed by atoms with E-state index < -0.39 is 74.7 Å². The summed E-state index contributed by atoms with van der Waals surface area (Å²) in [5, 5.41) is 11.6. The fraction of sp³-hybridized carbons (Fsp3) is 0.458. The zero-order valence-electron chi connectivity index (χ0n) is 23.2. The predicted molar refractivity (Wildman–Crippen MR) is 164 cm³/mol. The first-order chi connectivity index (χ1) is 21.4. The Balaban J connectivity index is 1.20. The molecule has 3 aromatic heterocycles. The van der Waals surface area contributed by atoms with Gasteiger partial charge in [0.25, 0.3) is 5.56 Å². The second-order valence-electron chi connectivity index (χ2n) is 10.7. The normalized spacial score (nSPS) is 37.6. The SMILES string of the molecule is CC1C2OP(=O)(S)OC[C@H]3O[C@@H](n4cnc5ccccc5c4=O)C(O)[C@@H]3OP(=O)(S)OC[C@H]1O[C@H]2n1cnc2c(N)ncnc21. The lowest BCUT2D eigenvalue weighted by atomic mass is 10.0. The van der Waals surface area contributed by atoms with Crippen molar-refractivity contribution in [1.29, 1.82) is 0 Å². The van der Waals surface area contributed by atoms with E-state index in [0.29, 0.717) is 16.7 Å². The van der Waals surface area contributed by atoms with Gasteiger partial charge in [-0.25, -0.2) is 29.1 Å². The second kappa shape index (κ2) is 11.7. The van der Waals surface area contributed by atoms with Crippen molar-refractivity contribution in [2.45, 2.75) is 49.9 Å². The average molecular weight is 700 g/mol. The molecular formula is C24H27N7O10P2S2. The smallest absolute Gasteiger partial charge is 0.386 e. The number of ether oxygens (including phenoxy) is 2. The van der Waals surface area contributed by atoms with Gasteiger partial charge in [-0.15, -0.1) is 0 Å². The molecule has 1 aromatic carbocycles. The van der Waals surface area contributed by atoms with E-state index >= 15 is 0 Å². The van der Waals surface area contributed by atoms with Crippen LogP contribution in [0.2, 0.25) is 0 Å². The minimum Gasteiger partial charge on any atom is -0.386 e. The number of aromatic nitrogens is 6. The number of hydrogen-bond acceptors (Lipinski definition) is 15. The Bertz CT molecular complexity index is 1930. The molecule has 3 fully saturated rings. The number of nitrogen functional groups attached to an aromatic ring is 1. The molecule has 0 saturated carbocycles. The number of rotatable bonds is 2. The summed E-state index contributed by atoms with van der Waals surface area (Å²) >= 11 is 8.34. The van der Waals surface area contributed by atoms with Crippen molar-refractivity contribution in [2.75, 3.05) is 18.9 Å². The summed E-state index contributed by atoms with van der Waals surface area (Å²) in [6, 6.07) is 6.65. The molecule has 2 bridgehead atoms. The molecular weight excluding hydrogens is 672 g/mol. The first-order valence-corrected chi connectivity index (χ1v) is 19.0. The van der Waals surface area contributed by atoms with Gasteiger partial charge in [0.05, 0.1) is 36.5 Å². The van der Waals surface area contributed by atoms with Crippen molar-refractivity contribution in [3.05, 3.63) is 53.6 Å². The van der Waals surface area contributed by atoms with E-state index in [2.05, 4.69) is 44.4 Å². The second-order valence-corrected chi connectivity index (χ2v) is 16.5. The maximum atomic E-state index is 13.6. The van der Waals surface area contributed by atoms with E-state index in [4.69, 9.17) is 33.3 Å². The van der Waals surface area contributed by atoms with E-state index in [0.717, 1.165) is 4.57 Å². The van der Waals surface area contributed by atoms with Gasteiger partial charge < -0.3 is 20.3 Å². The number of fused-ring (bicyclic) bond motifs is 5. The lowest BCUT2D eigenvalue weighted by molar-refractivity contribution is -0.0589. The zero-order valence-corrected chi connectivity index (χ0v) is 26.8. The molecule has 21 heteroatoms. The third-order valence-electron chi connectivity index (χ3n) is 7.95. The quantitative estimate of drug-likeness (QED) is 0.175. The Morgan fingerprint density at radius 1 is 0.911 bits per heavy atom. The maximum Gasteiger partial charge on any atom is 0.386 e. The van der Waals surface area contributed by atoms with Crippen molar-refractivity contribution in [3.63, 3.8) is 0 Å². The lowest BCUT2D eigenvalue weighted by Crippen LogP contribution is -2.37. The zero-order chi connectivity index (χ0) is 31.7. The van der Waals surface area contributed by atoms with Gasteiger partial charge in [0.2, 0.25) is 0 Å². The molecule has 3 N–H and O–H groups in total. The number of hydrogen-bond donors (Lipinski definition) is 4. The summed E-state index contributed by atoms with van der Waals surface area (Å²) in [6.07, 6.45) is -4.36.